The Hall–Kier alpha value is -0.370. The van der Waals surface area contributed by atoms with E-state index in [1.807, 2.05) is 0 Å². The predicted molar refractivity (Wildman–Crippen MR) is 50.1 cm³/mol. The van der Waals surface area contributed by atoms with Gasteiger partial charge >= 0.3 is 0 Å². The lowest BCUT2D eigenvalue weighted by Gasteiger charge is -2.09. The molecule has 1 heterocycles. The predicted octanol–water partition coefficient (Wildman–Crippen LogP) is 1.70. The van der Waals surface area contributed by atoms with Crippen LogP contribution in [0.25, 0.3) is 0 Å². The molecule has 1 aliphatic rings. The molecule has 0 aromatic heterocycles. The Bertz CT molecular complexity index is 147. The summed E-state index contributed by atoms with van der Waals surface area (Å²) in [6.07, 6.45) is 4.52. The van der Waals surface area contributed by atoms with Crippen LogP contribution in [-0.2, 0) is 4.79 Å². The zero-order chi connectivity index (χ0) is 8.97. The summed E-state index contributed by atoms with van der Waals surface area (Å²) in [4.78, 5) is 13.0. The van der Waals surface area contributed by atoms with E-state index in [9.17, 15) is 4.79 Å². The first kappa shape index (κ1) is 9.72. The van der Waals surface area contributed by atoms with Crippen molar-refractivity contribution in [2.45, 2.75) is 39.2 Å². The summed E-state index contributed by atoms with van der Waals surface area (Å²) in [5, 5.41) is 0. The molecule has 2 heteroatoms. The van der Waals surface area contributed by atoms with E-state index < -0.39 is 0 Å². The van der Waals surface area contributed by atoms with Crippen LogP contribution in [0.5, 0.6) is 0 Å². The van der Waals surface area contributed by atoms with Gasteiger partial charge in [0.15, 0.2) is 0 Å². The van der Waals surface area contributed by atoms with Gasteiger partial charge in [0.25, 0.3) is 0 Å². The van der Waals surface area contributed by atoms with Gasteiger partial charge in [-0.3, -0.25) is 4.90 Å². The van der Waals surface area contributed by atoms with Crippen LogP contribution in [0.4, 0.5) is 0 Å². The number of hydrogen-bond acceptors (Lipinski definition) is 2. The number of rotatable bonds is 6. The van der Waals surface area contributed by atoms with Crippen LogP contribution in [0, 0.1) is 5.92 Å². The molecule has 0 N–H and O–H groups in total. The van der Waals surface area contributed by atoms with E-state index in [2.05, 4.69) is 18.7 Å². The van der Waals surface area contributed by atoms with Crippen molar-refractivity contribution in [3.8, 4) is 0 Å². The maximum Gasteiger partial charge on any atom is 0.124 e. The highest BCUT2D eigenvalue weighted by Gasteiger charge is 2.32. The van der Waals surface area contributed by atoms with Crippen molar-refractivity contribution in [3.05, 3.63) is 0 Å². The molecule has 2 nitrogen and oxygen atoms in total. The second-order valence-electron chi connectivity index (χ2n) is 3.70. The van der Waals surface area contributed by atoms with E-state index in [-0.39, 0.29) is 5.92 Å². The van der Waals surface area contributed by atoms with Gasteiger partial charge in [0.1, 0.15) is 6.29 Å². The van der Waals surface area contributed by atoms with Crippen LogP contribution in [0.3, 0.4) is 0 Å². The average Bonchev–Trinajstić information content (AvgIpc) is 2.82. The minimum absolute atomic E-state index is 0.284. The molecule has 0 radical (unpaired) electrons. The second-order valence-corrected chi connectivity index (χ2v) is 3.70. The normalized spacial score (nSPS) is 29.8. The Morgan fingerprint density at radius 1 is 1.58 bits per heavy atom. The molecule has 3 unspecified atom stereocenters. The molecule has 0 bridgehead atoms. The van der Waals surface area contributed by atoms with Crippen molar-refractivity contribution < 1.29 is 4.79 Å². The molecular formula is C10H19NO. The van der Waals surface area contributed by atoms with Crippen molar-refractivity contribution in [3.63, 3.8) is 0 Å². The maximum atomic E-state index is 10.6. The fourth-order valence-corrected chi connectivity index (χ4v) is 1.71. The van der Waals surface area contributed by atoms with Crippen molar-refractivity contribution in [1.82, 2.24) is 4.90 Å². The van der Waals surface area contributed by atoms with E-state index in [0.29, 0.717) is 0 Å². The van der Waals surface area contributed by atoms with Crippen LogP contribution in [-0.4, -0.2) is 30.3 Å². The largest absolute Gasteiger partial charge is 0.303 e. The summed E-state index contributed by atoms with van der Waals surface area (Å²) >= 11 is 0. The molecule has 3 atom stereocenters. The summed E-state index contributed by atoms with van der Waals surface area (Å²) in [6.45, 7) is 6.55. The van der Waals surface area contributed by atoms with Crippen molar-refractivity contribution in [2.75, 3.05) is 13.1 Å². The summed E-state index contributed by atoms with van der Waals surface area (Å²) in [6, 6.07) is 0.782. The number of hydrogen-bond donors (Lipinski definition) is 0. The third kappa shape index (κ3) is 2.59. The van der Waals surface area contributed by atoms with Crippen LogP contribution in [0.15, 0.2) is 0 Å². The van der Waals surface area contributed by atoms with E-state index >= 15 is 0 Å². The molecule has 70 valence electrons. The quantitative estimate of drug-likeness (QED) is 0.445. The van der Waals surface area contributed by atoms with Gasteiger partial charge in [0.2, 0.25) is 0 Å². The highest BCUT2D eigenvalue weighted by Crippen LogP contribution is 2.22. The number of carbonyl (C=O) groups is 1. The SMILES string of the molecule is CCCC(C=O)CN1CC1CC. The van der Waals surface area contributed by atoms with Crippen LogP contribution < -0.4 is 0 Å². The number of nitrogens with zero attached hydrogens (tertiary/aromatic N) is 1. The van der Waals surface area contributed by atoms with E-state index in [4.69, 9.17) is 0 Å². The molecular weight excluding hydrogens is 150 g/mol. The third-order valence-electron chi connectivity index (χ3n) is 2.62. The zero-order valence-electron chi connectivity index (χ0n) is 8.12. The average molecular weight is 169 g/mol. The molecule has 0 aromatic carbocycles. The Morgan fingerprint density at radius 3 is 2.75 bits per heavy atom. The molecule has 0 aromatic rings. The van der Waals surface area contributed by atoms with Crippen molar-refractivity contribution >= 4 is 6.29 Å². The van der Waals surface area contributed by atoms with E-state index in [1.165, 1.54) is 13.0 Å². The van der Waals surface area contributed by atoms with E-state index in [0.717, 1.165) is 31.7 Å². The van der Waals surface area contributed by atoms with Gasteiger partial charge in [0.05, 0.1) is 0 Å². The lowest BCUT2D eigenvalue weighted by atomic mass is 10.1. The van der Waals surface area contributed by atoms with Gasteiger partial charge < -0.3 is 4.79 Å². The molecule has 0 spiro atoms. The highest BCUT2D eigenvalue weighted by atomic mass is 16.1. The van der Waals surface area contributed by atoms with Crippen LogP contribution in [0.1, 0.15) is 33.1 Å². The standard InChI is InChI=1S/C10H19NO/c1-3-5-9(8-12)6-11-7-10(11)4-2/h8-10H,3-7H2,1-2H3. The smallest absolute Gasteiger partial charge is 0.124 e. The monoisotopic (exact) mass is 169 g/mol. The number of aldehydes is 1. The van der Waals surface area contributed by atoms with Gasteiger partial charge in [0, 0.05) is 25.0 Å². The fourth-order valence-electron chi connectivity index (χ4n) is 1.71. The van der Waals surface area contributed by atoms with Gasteiger partial charge in [-0.1, -0.05) is 20.3 Å². The van der Waals surface area contributed by atoms with Gasteiger partial charge in [-0.25, -0.2) is 0 Å². The molecule has 0 aliphatic carbocycles. The third-order valence-corrected chi connectivity index (χ3v) is 2.62. The van der Waals surface area contributed by atoms with Gasteiger partial charge in [-0.15, -0.1) is 0 Å². The Labute approximate surface area is 74.9 Å². The minimum atomic E-state index is 0.284. The molecule has 0 amide bonds. The first-order chi connectivity index (χ1) is 5.81. The van der Waals surface area contributed by atoms with E-state index in [1.54, 1.807) is 0 Å². The fraction of sp³-hybridized carbons (Fsp3) is 0.900. The lowest BCUT2D eigenvalue weighted by Crippen LogP contribution is -2.16. The highest BCUT2D eigenvalue weighted by molar-refractivity contribution is 5.53. The molecule has 1 rings (SSSR count). The van der Waals surface area contributed by atoms with Crippen molar-refractivity contribution in [1.29, 1.82) is 0 Å². The molecule has 1 aliphatic heterocycles. The summed E-state index contributed by atoms with van der Waals surface area (Å²) in [7, 11) is 0. The van der Waals surface area contributed by atoms with Crippen LogP contribution >= 0.6 is 0 Å². The zero-order valence-corrected chi connectivity index (χ0v) is 8.12. The maximum absolute atomic E-state index is 10.6. The Kier molecular flexibility index (Phi) is 3.73. The first-order valence-corrected chi connectivity index (χ1v) is 5.01. The van der Waals surface area contributed by atoms with Gasteiger partial charge in [-0.05, 0) is 12.8 Å². The second kappa shape index (κ2) is 4.61. The Balaban J connectivity index is 2.16. The molecule has 1 fully saturated rings. The lowest BCUT2D eigenvalue weighted by molar-refractivity contribution is -0.111. The molecule has 1 saturated heterocycles. The summed E-state index contributed by atoms with van der Waals surface area (Å²) < 4.78 is 0. The minimum Gasteiger partial charge on any atom is -0.303 e. The van der Waals surface area contributed by atoms with Crippen molar-refractivity contribution in [2.24, 2.45) is 5.92 Å². The Morgan fingerprint density at radius 2 is 2.33 bits per heavy atom. The summed E-state index contributed by atoms with van der Waals surface area (Å²) in [5.74, 6) is 0.284. The molecule has 0 saturated carbocycles. The topological polar surface area (TPSA) is 20.1 Å². The van der Waals surface area contributed by atoms with Crippen LogP contribution in [0.2, 0.25) is 0 Å². The summed E-state index contributed by atoms with van der Waals surface area (Å²) in [5.41, 5.74) is 0. The first-order valence-electron chi connectivity index (χ1n) is 5.01. The van der Waals surface area contributed by atoms with Gasteiger partial charge in [-0.2, -0.15) is 0 Å². The number of carbonyl (C=O) groups excluding carboxylic acids is 1. The molecule has 12 heavy (non-hydrogen) atoms.